The molecule has 0 fully saturated rings. The molecule has 3 N–H and O–H groups in total. The largest absolute Gasteiger partial charge is 0.383 e. The molecular weight excluding hydrogens is 252 g/mol. The summed E-state index contributed by atoms with van der Waals surface area (Å²) in [5.41, 5.74) is 9.34. The van der Waals surface area contributed by atoms with E-state index in [1.165, 1.54) is 6.07 Å². The summed E-state index contributed by atoms with van der Waals surface area (Å²) in [6, 6.07) is 5.22. The van der Waals surface area contributed by atoms with Crippen LogP contribution >= 0.6 is 0 Å². The molecule has 0 amide bonds. The number of nitrogens with zero attached hydrogens (tertiary/aromatic N) is 2. The Morgan fingerprint density at radius 1 is 1.40 bits per heavy atom. The molecule has 5 heteroatoms. The topological polar surface area (TPSA) is 95.6 Å². The molecule has 0 unspecified atom stereocenters. The summed E-state index contributed by atoms with van der Waals surface area (Å²) in [6.45, 7) is 5.97. The summed E-state index contributed by atoms with van der Waals surface area (Å²) in [5.74, 6) is 0.426. The Balaban J connectivity index is 2.82. The van der Waals surface area contributed by atoms with Gasteiger partial charge in [-0.25, -0.2) is 4.98 Å². The summed E-state index contributed by atoms with van der Waals surface area (Å²) in [7, 11) is 0. The van der Waals surface area contributed by atoms with E-state index in [-0.39, 0.29) is 17.3 Å². The highest BCUT2D eigenvalue weighted by Crippen LogP contribution is 2.33. The van der Waals surface area contributed by atoms with Crippen LogP contribution in [-0.4, -0.2) is 9.97 Å². The van der Waals surface area contributed by atoms with E-state index in [0.717, 1.165) is 22.4 Å². The minimum absolute atomic E-state index is 0.184. The van der Waals surface area contributed by atoms with E-state index in [2.05, 4.69) is 16.0 Å². The SMILES string of the molecule is Cc1c(C(C)C)nc(N)c(C#N)c1-c1ccc(=O)[nH]c1. The number of anilines is 1. The van der Waals surface area contributed by atoms with Crippen LogP contribution in [0.25, 0.3) is 11.1 Å². The fraction of sp³-hybridized carbons (Fsp3) is 0.267. The van der Waals surface area contributed by atoms with E-state index in [9.17, 15) is 10.1 Å². The standard InChI is InChI=1S/C15H16N4O/c1-8(2)14-9(3)13(11(6-16)15(17)19-14)10-4-5-12(20)18-7-10/h4-5,7-8H,1-3H3,(H2,17,19)(H,18,20). The van der Waals surface area contributed by atoms with Gasteiger partial charge in [0.2, 0.25) is 5.56 Å². The van der Waals surface area contributed by atoms with Gasteiger partial charge in [0.15, 0.2) is 0 Å². The molecular formula is C15H16N4O. The van der Waals surface area contributed by atoms with Crippen LogP contribution in [0.15, 0.2) is 23.1 Å². The highest BCUT2D eigenvalue weighted by molar-refractivity contribution is 5.78. The Labute approximate surface area is 117 Å². The molecule has 0 saturated carbocycles. The van der Waals surface area contributed by atoms with E-state index in [4.69, 9.17) is 5.73 Å². The van der Waals surface area contributed by atoms with E-state index in [1.807, 2.05) is 20.8 Å². The first-order valence-corrected chi connectivity index (χ1v) is 6.35. The molecule has 2 aromatic heterocycles. The van der Waals surface area contributed by atoms with E-state index < -0.39 is 0 Å². The van der Waals surface area contributed by atoms with Crippen molar-refractivity contribution in [2.24, 2.45) is 0 Å². The number of hydrogen-bond donors (Lipinski definition) is 2. The number of pyridine rings is 2. The first-order chi connectivity index (χ1) is 9.45. The van der Waals surface area contributed by atoms with Crippen LogP contribution < -0.4 is 11.3 Å². The van der Waals surface area contributed by atoms with E-state index in [0.29, 0.717) is 5.56 Å². The number of rotatable bonds is 2. The summed E-state index contributed by atoms with van der Waals surface area (Å²) >= 11 is 0. The van der Waals surface area contributed by atoms with Gasteiger partial charge in [-0.15, -0.1) is 0 Å². The second-order valence-electron chi connectivity index (χ2n) is 4.97. The van der Waals surface area contributed by atoms with Crippen molar-refractivity contribution in [2.75, 3.05) is 5.73 Å². The van der Waals surface area contributed by atoms with E-state index >= 15 is 0 Å². The molecule has 2 aromatic rings. The van der Waals surface area contributed by atoms with Crippen LogP contribution in [0.1, 0.15) is 36.6 Å². The minimum Gasteiger partial charge on any atom is -0.383 e. The fourth-order valence-electron chi connectivity index (χ4n) is 2.32. The highest BCUT2D eigenvalue weighted by Gasteiger charge is 2.18. The van der Waals surface area contributed by atoms with Crippen molar-refractivity contribution < 1.29 is 0 Å². The van der Waals surface area contributed by atoms with Gasteiger partial charge in [-0.1, -0.05) is 13.8 Å². The van der Waals surface area contributed by atoms with Crippen molar-refractivity contribution in [3.63, 3.8) is 0 Å². The van der Waals surface area contributed by atoms with Crippen LogP contribution in [0.2, 0.25) is 0 Å². The Morgan fingerprint density at radius 2 is 2.10 bits per heavy atom. The Hall–Kier alpha value is -2.61. The lowest BCUT2D eigenvalue weighted by atomic mass is 9.92. The zero-order valence-electron chi connectivity index (χ0n) is 11.7. The number of nitrogens with two attached hydrogens (primary N) is 1. The molecule has 2 rings (SSSR count). The summed E-state index contributed by atoms with van der Waals surface area (Å²) in [5, 5.41) is 9.33. The van der Waals surface area contributed by atoms with Gasteiger partial charge in [-0.3, -0.25) is 4.79 Å². The lowest BCUT2D eigenvalue weighted by molar-refractivity contribution is 0.814. The molecule has 0 saturated heterocycles. The van der Waals surface area contributed by atoms with Crippen LogP contribution in [0.3, 0.4) is 0 Å². The summed E-state index contributed by atoms with van der Waals surface area (Å²) in [4.78, 5) is 18.1. The first kappa shape index (κ1) is 13.8. The third-order valence-electron chi connectivity index (χ3n) is 3.24. The zero-order valence-corrected chi connectivity index (χ0v) is 11.7. The van der Waals surface area contributed by atoms with Crippen LogP contribution in [-0.2, 0) is 0 Å². The molecule has 20 heavy (non-hydrogen) atoms. The monoisotopic (exact) mass is 268 g/mol. The number of aromatic nitrogens is 2. The maximum absolute atomic E-state index is 11.2. The predicted octanol–water partition coefficient (Wildman–Crippen LogP) is 2.32. The average molecular weight is 268 g/mol. The number of nitrogen functional groups attached to an aromatic ring is 1. The van der Waals surface area contributed by atoms with E-state index in [1.54, 1.807) is 12.3 Å². The van der Waals surface area contributed by atoms with Crippen molar-refractivity contribution in [3.05, 3.63) is 45.5 Å². The molecule has 0 aromatic carbocycles. The van der Waals surface area contributed by atoms with Crippen molar-refractivity contribution in [1.29, 1.82) is 5.26 Å². The lowest BCUT2D eigenvalue weighted by Crippen LogP contribution is -2.08. The second kappa shape index (κ2) is 5.17. The van der Waals surface area contributed by atoms with Crippen LogP contribution in [0, 0.1) is 18.3 Å². The van der Waals surface area contributed by atoms with Crippen molar-refractivity contribution in [3.8, 4) is 17.2 Å². The average Bonchev–Trinajstić information content (AvgIpc) is 2.41. The molecule has 102 valence electrons. The minimum atomic E-state index is -0.184. The number of H-pyrrole nitrogens is 1. The van der Waals surface area contributed by atoms with Gasteiger partial charge < -0.3 is 10.7 Å². The molecule has 0 aliphatic rings. The van der Waals surface area contributed by atoms with Crippen molar-refractivity contribution in [1.82, 2.24) is 9.97 Å². The fourth-order valence-corrected chi connectivity index (χ4v) is 2.32. The maximum atomic E-state index is 11.2. The molecule has 0 bridgehead atoms. The lowest BCUT2D eigenvalue weighted by Gasteiger charge is -2.16. The molecule has 0 aliphatic carbocycles. The van der Waals surface area contributed by atoms with Gasteiger partial charge in [0.1, 0.15) is 17.5 Å². The number of aromatic amines is 1. The molecule has 0 spiro atoms. The quantitative estimate of drug-likeness (QED) is 0.873. The van der Waals surface area contributed by atoms with Crippen molar-refractivity contribution in [2.45, 2.75) is 26.7 Å². The number of nitrogens with one attached hydrogen (secondary N) is 1. The first-order valence-electron chi connectivity index (χ1n) is 6.35. The predicted molar refractivity (Wildman–Crippen MR) is 78.2 cm³/mol. The molecule has 0 radical (unpaired) electrons. The third-order valence-corrected chi connectivity index (χ3v) is 3.24. The Morgan fingerprint density at radius 3 is 2.60 bits per heavy atom. The van der Waals surface area contributed by atoms with Crippen LogP contribution in [0.4, 0.5) is 5.82 Å². The summed E-state index contributed by atoms with van der Waals surface area (Å²) in [6.07, 6.45) is 1.59. The van der Waals surface area contributed by atoms with Gasteiger partial charge in [-0.05, 0) is 30.0 Å². The third kappa shape index (κ3) is 2.28. The summed E-state index contributed by atoms with van der Waals surface area (Å²) < 4.78 is 0. The van der Waals surface area contributed by atoms with Gasteiger partial charge in [0.05, 0.1) is 0 Å². The second-order valence-corrected chi connectivity index (χ2v) is 4.97. The smallest absolute Gasteiger partial charge is 0.247 e. The highest BCUT2D eigenvalue weighted by atomic mass is 16.1. The number of nitriles is 1. The molecule has 5 nitrogen and oxygen atoms in total. The van der Waals surface area contributed by atoms with Crippen LogP contribution in [0.5, 0.6) is 0 Å². The van der Waals surface area contributed by atoms with Gasteiger partial charge in [0.25, 0.3) is 0 Å². The zero-order chi connectivity index (χ0) is 14.9. The molecule has 2 heterocycles. The maximum Gasteiger partial charge on any atom is 0.247 e. The Kier molecular flexibility index (Phi) is 3.57. The Bertz CT molecular complexity index is 733. The molecule has 0 atom stereocenters. The molecule has 0 aliphatic heterocycles. The van der Waals surface area contributed by atoms with Gasteiger partial charge >= 0.3 is 0 Å². The van der Waals surface area contributed by atoms with Crippen molar-refractivity contribution >= 4 is 5.82 Å². The number of hydrogen-bond acceptors (Lipinski definition) is 4. The van der Waals surface area contributed by atoms with Gasteiger partial charge in [0, 0.05) is 23.5 Å². The normalized spacial score (nSPS) is 10.6. The van der Waals surface area contributed by atoms with Gasteiger partial charge in [-0.2, -0.15) is 5.26 Å².